The van der Waals surface area contributed by atoms with Crippen LogP contribution in [-0.2, 0) is 13.1 Å². The summed E-state index contributed by atoms with van der Waals surface area (Å²) < 4.78 is 9.13. The van der Waals surface area contributed by atoms with Crippen LogP contribution >= 0.6 is 0 Å². The first-order chi connectivity index (χ1) is 10.3. The van der Waals surface area contributed by atoms with Crippen LogP contribution in [-0.4, -0.2) is 31.3 Å². The van der Waals surface area contributed by atoms with Gasteiger partial charge in [-0.1, -0.05) is 0 Å². The van der Waals surface area contributed by atoms with Crippen molar-refractivity contribution < 1.29 is 9.84 Å². The maximum Gasteiger partial charge on any atom is 0.162 e. The van der Waals surface area contributed by atoms with Gasteiger partial charge in [0.15, 0.2) is 11.5 Å². The first-order valence-corrected chi connectivity index (χ1v) is 6.56. The SMILES string of the molecule is COc1cc(Cn2ccnc2)cc(Cn2ccnc2)c1O. The highest BCUT2D eigenvalue weighted by molar-refractivity contribution is 5.48. The fourth-order valence-electron chi connectivity index (χ4n) is 2.26. The average molecular weight is 284 g/mol. The van der Waals surface area contributed by atoms with Gasteiger partial charge in [-0.2, -0.15) is 0 Å². The number of rotatable bonds is 5. The highest BCUT2D eigenvalue weighted by Crippen LogP contribution is 2.32. The van der Waals surface area contributed by atoms with E-state index in [1.165, 1.54) is 0 Å². The van der Waals surface area contributed by atoms with Gasteiger partial charge in [-0.15, -0.1) is 0 Å². The van der Waals surface area contributed by atoms with Gasteiger partial charge in [0.1, 0.15) is 0 Å². The predicted molar refractivity (Wildman–Crippen MR) is 77.3 cm³/mol. The second kappa shape index (κ2) is 5.70. The van der Waals surface area contributed by atoms with E-state index in [1.54, 1.807) is 32.2 Å². The molecular formula is C15H16N4O2. The predicted octanol–water partition coefficient (Wildman–Crippen LogP) is 1.89. The molecule has 0 saturated heterocycles. The largest absolute Gasteiger partial charge is 0.504 e. The molecule has 0 amide bonds. The lowest BCUT2D eigenvalue weighted by Gasteiger charge is -2.13. The van der Waals surface area contributed by atoms with Crippen molar-refractivity contribution in [3.8, 4) is 11.5 Å². The smallest absolute Gasteiger partial charge is 0.162 e. The van der Waals surface area contributed by atoms with Crippen molar-refractivity contribution in [1.29, 1.82) is 0 Å². The summed E-state index contributed by atoms with van der Waals surface area (Å²) in [5.74, 6) is 0.642. The minimum Gasteiger partial charge on any atom is -0.504 e. The van der Waals surface area contributed by atoms with Crippen molar-refractivity contribution >= 4 is 0 Å². The van der Waals surface area contributed by atoms with E-state index in [2.05, 4.69) is 9.97 Å². The van der Waals surface area contributed by atoms with Crippen molar-refractivity contribution in [2.75, 3.05) is 7.11 Å². The normalized spacial score (nSPS) is 10.7. The molecular weight excluding hydrogens is 268 g/mol. The van der Waals surface area contributed by atoms with Crippen LogP contribution in [0.3, 0.4) is 0 Å². The van der Waals surface area contributed by atoms with E-state index in [0.29, 0.717) is 18.8 Å². The van der Waals surface area contributed by atoms with Gasteiger partial charge < -0.3 is 19.0 Å². The van der Waals surface area contributed by atoms with E-state index in [-0.39, 0.29) is 5.75 Å². The molecule has 0 radical (unpaired) electrons. The van der Waals surface area contributed by atoms with Crippen molar-refractivity contribution in [2.24, 2.45) is 0 Å². The minimum atomic E-state index is 0.167. The Morgan fingerprint density at radius 1 is 1.05 bits per heavy atom. The van der Waals surface area contributed by atoms with Gasteiger partial charge in [-0.25, -0.2) is 9.97 Å². The highest BCUT2D eigenvalue weighted by atomic mass is 16.5. The molecule has 0 saturated carbocycles. The summed E-state index contributed by atoms with van der Waals surface area (Å²) >= 11 is 0. The third kappa shape index (κ3) is 2.89. The van der Waals surface area contributed by atoms with Crippen LogP contribution in [0.15, 0.2) is 49.6 Å². The van der Waals surface area contributed by atoms with Crippen LogP contribution in [0.1, 0.15) is 11.1 Å². The van der Waals surface area contributed by atoms with E-state index in [1.807, 2.05) is 33.7 Å². The molecule has 0 aliphatic rings. The summed E-state index contributed by atoms with van der Waals surface area (Å²) in [5, 5.41) is 10.3. The van der Waals surface area contributed by atoms with Gasteiger partial charge in [-0.05, 0) is 17.7 Å². The number of hydrogen-bond donors (Lipinski definition) is 1. The molecule has 0 aliphatic carbocycles. The zero-order valence-electron chi connectivity index (χ0n) is 11.7. The van der Waals surface area contributed by atoms with Gasteiger partial charge in [0.25, 0.3) is 0 Å². The zero-order valence-corrected chi connectivity index (χ0v) is 11.7. The lowest BCUT2D eigenvalue weighted by Crippen LogP contribution is -2.02. The van der Waals surface area contributed by atoms with E-state index < -0.39 is 0 Å². The summed E-state index contributed by atoms with van der Waals surface area (Å²) in [5.41, 5.74) is 1.83. The van der Waals surface area contributed by atoms with E-state index in [9.17, 15) is 5.11 Å². The molecule has 0 atom stereocenters. The quantitative estimate of drug-likeness (QED) is 0.777. The second-order valence-corrected chi connectivity index (χ2v) is 4.78. The van der Waals surface area contributed by atoms with E-state index in [0.717, 1.165) is 11.1 Å². The van der Waals surface area contributed by atoms with Gasteiger partial charge >= 0.3 is 0 Å². The molecule has 108 valence electrons. The maximum absolute atomic E-state index is 10.3. The molecule has 2 aromatic heterocycles. The number of ether oxygens (including phenoxy) is 1. The summed E-state index contributed by atoms with van der Waals surface area (Å²) in [6.45, 7) is 1.22. The van der Waals surface area contributed by atoms with Crippen LogP contribution in [0.4, 0.5) is 0 Å². The van der Waals surface area contributed by atoms with Gasteiger partial charge in [-0.3, -0.25) is 0 Å². The molecule has 3 aromatic rings. The van der Waals surface area contributed by atoms with E-state index >= 15 is 0 Å². The van der Waals surface area contributed by atoms with E-state index in [4.69, 9.17) is 4.74 Å². The third-order valence-electron chi connectivity index (χ3n) is 3.27. The number of methoxy groups -OCH3 is 1. The monoisotopic (exact) mass is 284 g/mol. The number of benzene rings is 1. The zero-order chi connectivity index (χ0) is 14.7. The first-order valence-electron chi connectivity index (χ1n) is 6.56. The molecule has 1 N–H and O–H groups in total. The summed E-state index contributed by atoms with van der Waals surface area (Å²) in [4.78, 5) is 8.04. The highest BCUT2D eigenvalue weighted by Gasteiger charge is 2.11. The fraction of sp³-hybridized carbons (Fsp3) is 0.200. The number of phenols is 1. The van der Waals surface area contributed by atoms with Crippen molar-refractivity contribution in [3.63, 3.8) is 0 Å². The molecule has 3 rings (SSSR count). The number of imidazole rings is 2. The summed E-state index contributed by atoms with van der Waals surface area (Å²) in [7, 11) is 1.55. The number of phenolic OH excluding ortho intramolecular Hbond substituents is 1. The van der Waals surface area contributed by atoms with Crippen LogP contribution in [0, 0.1) is 0 Å². The van der Waals surface area contributed by atoms with Gasteiger partial charge in [0, 0.05) is 36.9 Å². The van der Waals surface area contributed by atoms with Crippen LogP contribution in [0.5, 0.6) is 11.5 Å². The van der Waals surface area contributed by atoms with Gasteiger partial charge in [0.05, 0.1) is 26.3 Å². The standard InChI is InChI=1S/C15H16N4O2/c1-21-14-7-12(8-18-4-2-16-10-18)6-13(15(14)20)9-19-5-3-17-11-19/h2-7,10-11,20H,8-9H2,1H3. The maximum atomic E-state index is 10.3. The lowest BCUT2D eigenvalue weighted by molar-refractivity contribution is 0.369. The number of aromatic nitrogens is 4. The summed E-state index contributed by atoms with van der Waals surface area (Å²) in [6.07, 6.45) is 10.7. The van der Waals surface area contributed by atoms with Crippen molar-refractivity contribution in [1.82, 2.24) is 19.1 Å². The topological polar surface area (TPSA) is 65.1 Å². The third-order valence-corrected chi connectivity index (χ3v) is 3.27. The van der Waals surface area contributed by atoms with Crippen LogP contribution in [0.25, 0.3) is 0 Å². The molecule has 0 unspecified atom stereocenters. The summed E-state index contributed by atoms with van der Waals surface area (Å²) in [6, 6.07) is 3.81. The number of aromatic hydroxyl groups is 1. The van der Waals surface area contributed by atoms with Crippen molar-refractivity contribution in [2.45, 2.75) is 13.1 Å². The Balaban J connectivity index is 1.93. The Hall–Kier alpha value is -2.76. The minimum absolute atomic E-state index is 0.167. The molecule has 0 spiro atoms. The second-order valence-electron chi connectivity index (χ2n) is 4.78. The Morgan fingerprint density at radius 2 is 1.71 bits per heavy atom. The molecule has 21 heavy (non-hydrogen) atoms. The molecule has 0 aliphatic heterocycles. The molecule has 6 heteroatoms. The first kappa shape index (κ1) is 13.2. The number of nitrogens with zero attached hydrogens (tertiary/aromatic N) is 4. The lowest BCUT2D eigenvalue weighted by atomic mass is 10.1. The molecule has 6 nitrogen and oxygen atoms in total. The fourth-order valence-corrected chi connectivity index (χ4v) is 2.26. The molecule has 0 fully saturated rings. The molecule has 0 bridgehead atoms. The molecule has 2 heterocycles. The Bertz CT molecular complexity index is 706. The number of hydrogen-bond acceptors (Lipinski definition) is 4. The van der Waals surface area contributed by atoms with Gasteiger partial charge in [0.2, 0.25) is 0 Å². The molecule has 1 aromatic carbocycles. The Labute approximate surface area is 122 Å². The van der Waals surface area contributed by atoms with Crippen LogP contribution in [0.2, 0.25) is 0 Å². The Morgan fingerprint density at radius 3 is 2.29 bits per heavy atom. The van der Waals surface area contributed by atoms with Crippen molar-refractivity contribution in [3.05, 3.63) is 60.7 Å². The average Bonchev–Trinajstić information content (AvgIpc) is 3.15. The Kier molecular flexibility index (Phi) is 3.59. The van der Waals surface area contributed by atoms with Crippen LogP contribution < -0.4 is 4.74 Å².